The fourth-order valence-corrected chi connectivity index (χ4v) is 1.41. The maximum Gasteiger partial charge on any atom is 0.345 e. The standard InChI is InChI=1S/C14H28O4.Zr/c1-11(2,3)16-14(10-15,17-12(4,5)6)18-13(7,8)9;/h10H,1-9H3;. The molecule has 0 heterocycles. The van der Waals surface area contributed by atoms with Crippen molar-refractivity contribution in [2.45, 2.75) is 85.1 Å². The van der Waals surface area contributed by atoms with Crippen LogP contribution in [0.3, 0.4) is 0 Å². The number of ether oxygens (including phenoxy) is 3. The van der Waals surface area contributed by atoms with E-state index >= 15 is 0 Å². The molecule has 0 N–H and O–H groups in total. The summed E-state index contributed by atoms with van der Waals surface area (Å²) in [6.07, 6.45) is 0.578. The SMILES string of the molecule is CC(C)(C)OC(C=O)(OC(C)(C)C)OC(C)(C)C.[Zr]. The molecule has 0 unspecified atom stereocenters. The molecule has 0 spiro atoms. The minimum absolute atomic E-state index is 0. The van der Waals surface area contributed by atoms with Crippen LogP contribution in [0.4, 0.5) is 0 Å². The first-order valence-electron chi connectivity index (χ1n) is 6.25. The molecule has 0 fully saturated rings. The molecule has 0 radical (unpaired) electrons. The van der Waals surface area contributed by atoms with Crippen molar-refractivity contribution in [3.05, 3.63) is 0 Å². The van der Waals surface area contributed by atoms with Gasteiger partial charge in [0.15, 0.2) is 0 Å². The second kappa shape index (κ2) is 6.93. The third-order valence-corrected chi connectivity index (χ3v) is 1.49. The average Bonchev–Trinajstić information content (AvgIpc) is 1.93. The molecule has 4 nitrogen and oxygen atoms in total. The van der Waals surface area contributed by atoms with Crippen LogP contribution >= 0.6 is 0 Å². The molecule has 0 aliphatic rings. The van der Waals surface area contributed by atoms with Gasteiger partial charge in [-0.3, -0.25) is 4.79 Å². The molecule has 0 aromatic carbocycles. The summed E-state index contributed by atoms with van der Waals surface area (Å²) in [5.41, 5.74) is -1.67. The third kappa shape index (κ3) is 10.8. The van der Waals surface area contributed by atoms with E-state index < -0.39 is 22.8 Å². The minimum Gasteiger partial charge on any atom is -0.316 e. The molecule has 0 aliphatic carbocycles. The number of hydrogen-bond acceptors (Lipinski definition) is 4. The summed E-state index contributed by atoms with van der Waals surface area (Å²) in [5, 5.41) is 0. The summed E-state index contributed by atoms with van der Waals surface area (Å²) in [4.78, 5) is 11.5. The first-order valence-corrected chi connectivity index (χ1v) is 6.25. The molecule has 112 valence electrons. The average molecular weight is 352 g/mol. The summed E-state index contributed by atoms with van der Waals surface area (Å²) >= 11 is 0. The summed E-state index contributed by atoms with van der Waals surface area (Å²) in [7, 11) is 0. The topological polar surface area (TPSA) is 44.8 Å². The van der Waals surface area contributed by atoms with Crippen molar-refractivity contribution in [3.8, 4) is 0 Å². The molecule has 0 saturated heterocycles. The van der Waals surface area contributed by atoms with E-state index in [1.165, 1.54) is 0 Å². The van der Waals surface area contributed by atoms with Gasteiger partial charge in [-0.25, -0.2) is 0 Å². The minimum atomic E-state index is -1.69. The zero-order valence-electron chi connectivity index (χ0n) is 13.7. The molecular formula is C14H28O4Zr. The molecule has 0 atom stereocenters. The number of rotatable bonds is 4. The fraction of sp³-hybridized carbons (Fsp3) is 0.929. The van der Waals surface area contributed by atoms with E-state index in [0.29, 0.717) is 6.29 Å². The molecule has 0 aliphatic heterocycles. The first kappa shape index (κ1) is 21.7. The van der Waals surface area contributed by atoms with Gasteiger partial charge in [-0.2, -0.15) is 0 Å². The van der Waals surface area contributed by atoms with Gasteiger partial charge in [0, 0.05) is 26.2 Å². The number of carbonyl (C=O) groups excluding carboxylic acids is 1. The van der Waals surface area contributed by atoms with Crippen LogP contribution in [0.15, 0.2) is 0 Å². The molecule has 0 aromatic heterocycles. The number of aldehydes is 1. The van der Waals surface area contributed by atoms with Gasteiger partial charge >= 0.3 is 5.97 Å². The Morgan fingerprint density at radius 1 is 0.632 bits per heavy atom. The van der Waals surface area contributed by atoms with Gasteiger partial charge < -0.3 is 14.2 Å². The van der Waals surface area contributed by atoms with Gasteiger partial charge in [-0.05, 0) is 62.3 Å². The summed E-state index contributed by atoms with van der Waals surface area (Å²) in [6.45, 7) is 16.7. The van der Waals surface area contributed by atoms with Gasteiger partial charge in [0.2, 0.25) is 6.29 Å². The Morgan fingerprint density at radius 2 is 0.842 bits per heavy atom. The van der Waals surface area contributed by atoms with E-state index in [9.17, 15) is 4.79 Å². The van der Waals surface area contributed by atoms with E-state index in [1.807, 2.05) is 62.3 Å². The van der Waals surface area contributed by atoms with Gasteiger partial charge in [0.05, 0.1) is 16.8 Å². The van der Waals surface area contributed by atoms with Crippen LogP contribution in [0.2, 0.25) is 0 Å². The predicted octanol–water partition coefficient (Wildman–Crippen LogP) is 3.28. The van der Waals surface area contributed by atoms with Crippen molar-refractivity contribution in [1.29, 1.82) is 0 Å². The van der Waals surface area contributed by atoms with Gasteiger partial charge in [-0.15, -0.1) is 0 Å². The quantitative estimate of drug-likeness (QED) is 0.576. The summed E-state index contributed by atoms with van der Waals surface area (Å²) in [5.74, 6) is -1.69. The zero-order chi connectivity index (χ0) is 14.8. The van der Waals surface area contributed by atoms with E-state index in [0.717, 1.165) is 0 Å². The van der Waals surface area contributed by atoms with E-state index in [-0.39, 0.29) is 26.2 Å². The Hall–Kier alpha value is 0.433. The van der Waals surface area contributed by atoms with Crippen LogP contribution in [0.25, 0.3) is 0 Å². The number of hydrogen-bond donors (Lipinski definition) is 0. The molecule has 19 heavy (non-hydrogen) atoms. The van der Waals surface area contributed by atoms with Crippen LogP contribution in [0, 0.1) is 0 Å². The molecule has 0 amide bonds. The van der Waals surface area contributed by atoms with Crippen molar-refractivity contribution in [2.24, 2.45) is 0 Å². The first-order chi connectivity index (χ1) is 7.68. The summed E-state index contributed by atoms with van der Waals surface area (Å²) < 4.78 is 17.1. The Morgan fingerprint density at radius 3 is 0.947 bits per heavy atom. The summed E-state index contributed by atoms with van der Waals surface area (Å²) in [6, 6.07) is 0. The van der Waals surface area contributed by atoms with Gasteiger partial charge in [-0.1, -0.05) is 0 Å². The van der Waals surface area contributed by atoms with Crippen molar-refractivity contribution in [1.82, 2.24) is 0 Å². The fourth-order valence-electron chi connectivity index (χ4n) is 1.41. The van der Waals surface area contributed by atoms with E-state index in [2.05, 4.69) is 0 Å². The monoisotopic (exact) mass is 350 g/mol. The van der Waals surface area contributed by atoms with E-state index in [4.69, 9.17) is 14.2 Å². The van der Waals surface area contributed by atoms with Crippen LogP contribution < -0.4 is 0 Å². The Kier molecular flexibility index (Phi) is 7.92. The van der Waals surface area contributed by atoms with Crippen molar-refractivity contribution < 1.29 is 45.2 Å². The second-order valence-corrected chi connectivity index (χ2v) is 7.36. The molecule has 0 rings (SSSR count). The Bertz CT molecular complexity index is 240. The van der Waals surface area contributed by atoms with E-state index in [1.54, 1.807) is 0 Å². The number of carbonyl (C=O) groups is 1. The molecule has 0 bridgehead atoms. The maximum absolute atomic E-state index is 11.5. The smallest absolute Gasteiger partial charge is 0.316 e. The van der Waals surface area contributed by atoms with Crippen LogP contribution in [0.5, 0.6) is 0 Å². The predicted molar refractivity (Wildman–Crippen MR) is 71.3 cm³/mol. The molecule has 0 saturated carbocycles. The second-order valence-electron chi connectivity index (χ2n) is 7.36. The van der Waals surface area contributed by atoms with Crippen molar-refractivity contribution >= 4 is 6.29 Å². The van der Waals surface area contributed by atoms with Crippen LogP contribution in [0.1, 0.15) is 62.3 Å². The molecular weight excluding hydrogens is 323 g/mol. The van der Waals surface area contributed by atoms with Gasteiger partial charge in [0.1, 0.15) is 0 Å². The normalized spacial score (nSPS) is 13.9. The Balaban J connectivity index is 0. The van der Waals surface area contributed by atoms with Crippen molar-refractivity contribution in [2.75, 3.05) is 0 Å². The molecule has 5 heteroatoms. The maximum atomic E-state index is 11.5. The largest absolute Gasteiger partial charge is 0.345 e. The van der Waals surface area contributed by atoms with Crippen LogP contribution in [-0.2, 0) is 45.2 Å². The zero-order valence-corrected chi connectivity index (χ0v) is 16.2. The van der Waals surface area contributed by atoms with Gasteiger partial charge in [0.25, 0.3) is 0 Å². The van der Waals surface area contributed by atoms with Crippen molar-refractivity contribution in [3.63, 3.8) is 0 Å². The third-order valence-electron chi connectivity index (χ3n) is 1.49. The molecule has 0 aromatic rings. The Labute approximate surface area is 136 Å². The van der Waals surface area contributed by atoms with Crippen LogP contribution in [-0.4, -0.2) is 29.1 Å².